The first-order valence-electron chi connectivity index (χ1n) is 13.0. The van der Waals surface area contributed by atoms with Crippen LogP contribution < -0.4 is 10.5 Å². The van der Waals surface area contributed by atoms with E-state index in [1.54, 1.807) is 19.1 Å². The molecular formula is C27H26ClN5O10S3. The van der Waals surface area contributed by atoms with Crippen molar-refractivity contribution in [1.29, 1.82) is 0 Å². The monoisotopic (exact) mass is 711 g/mol. The highest BCUT2D eigenvalue weighted by Gasteiger charge is 2.21. The minimum Gasteiger partial charge on any atom is -0.491 e. The summed E-state index contributed by atoms with van der Waals surface area (Å²) in [5.41, 5.74) is 8.87. The van der Waals surface area contributed by atoms with Crippen LogP contribution in [0, 0.1) is 13.8 Å². The zero-order chi connectivity index (χ0) is 34.0. The van der Waals surface area contributed by atoms with Crippen molar-refractivity contribution in [3.05, 3.63) is 70.7 Å². The van der Waals surface area contributed by atoms with Crippen LogP contribution in [0.2, 0.25) is 5.02 Å². The molecular weight excluding hydrogens is 686 g/mol. The molecule has 15 nitrogen and oxygen atoms in total. The Morgan fingerprint density at radius 2 is 1.43 bits per heavy atom. The predicted molar refractivity (Wildman–Crippen MR) is 170 cm³/mol. The van der Waals surface area contributed by atoms with Crippen molar-refractivity contribution in [3.63, 3.8) is 0 Å². The lowest BCUT2D eigenvalue weighted by molar-refractivity contribution is 0.317. The molecule has 4 aromatic rings. The molecule has 244 valence electrons. The molecule has 19 heteroatoms. The summed E-state index contributed by atoms with van der Waals surface area (Å²) < 4.78 is 103. The van der Waals surface area contributed by atoms with Gasteiger partial charge in [0, 0.05) is 17.1 Å². The summed E-state index contributed by atoms with van der Waals surface area (Å²) in [7, 11) is -13.9. The van der Waals surface area contributed by atoms with Crippen LogP contribution in [0.1, 0.15) is 17.5 Å². The SMILES string of the molecule is Cc1cc(N=Nc2cc(Cl)c(N=Nc3ccc4cc(S(=O)(=O)O)cc(S(=O)(=O)O)c4c3)cc2OCCCS(=O)(=O)O)c(C)cc1N. The Kier molecular flexibility index (Phi) is 10.1. The van der Waals surface area contributed by atoms with Gasteiger partial charge in [-0.3, -0.25) is 13.7 Å². The van der Waals surface area contributed by atoms with Gasteiger partial charge in [0.05, 0.1) is 33.7 Å². The largest absolute Gasteiger partial charge is 0.491 e. The number of nitrogen functional groups attached to an aromatic ring is 1. The normalized spacial score (nSPS) is 12.8. The first-order valence-corrected chi connectivity index (χ1v) is 17.8. The molecule has 0 aliphatic carbocycles. The summed E-state index contributed by atoms with van der Waals surface area (Å²) in [6.07, 6.45) is -0.0579. The van der Waals surface area contributed by atoms with Crippen LogP contribution in [0.25, 0.3) is 10.8 Å². The highest BCUT2D eigenvalue weighted by Crippen LogP contribution is 2.40. The summed E-state index contributed by atoms with van der Waals surface area (Å²) in [6.45, 7) is 3.46. The summed E-state index contributed by atoms with van der Waals surface area (Å²) in [4.78, 5) is -1.52. The highest BCUT2D eigenvalue weighted by atomic mass is 35.5. The first kappa shape index (κ1) is 34.8. The van der Waals surface area contributed by atoms with E-state index in [2.05, 4.69) is 20.5 Å². The van der Waals surface area contributed by atoms with Crippen molar-refractivity contribution in [1.82, 2.24) is 0 Å². The molecule has 0 aliphatic heterocycles. The van der Waals surface area contributed by atoms with Crippen LogP contribution in [-0.4, -0.2) is 51.3 Å². The van der Waals surface area contributed by atoms with Crippen LogP contribution in [0.15, 0.2) is 84.8 Å². The van der Waals surface area contributed by atoms with Crippen molar-refractivity contribution in [2.24, 2.45) is 20.5 Å². The van der Waals surface area contributed by atoms with E-state index in [0.29, 0.717) is 17.4 Å². The van der Waals surface area contributed by atoms with Gasteiger partial charge in [-0.05, 0) is 79.2 Å². The van der Waals surface area contributed by atoms with E-state index in [4.69, 9.17) is 26.6 Å². The average Bonchev–Trinajstić information content (AvgIpc) is 2.94. The van der Waals surface area contributed by atoms with Crippen molar-refractivity contribution in [2.75, 3.05) is 18.1 Å². The molecule has 0 aromatic heterocycles. The van der Waals surface area contributed by atoms with Crippen LogP contribution in [0.3, 0.4) is 0 Å². The number of ether oxygens (including phenoxy) is 1. The van der Waals surface area contributed by atoms with Gasteiger partial charge in [0.1, 0.15) is 22.0 Å². The third-order valence-corrected chi connectivity index (χ3v) is 9.24. The lowest BCUT2D eigenvalue weighted by Crippen LogP contribution is -2.08. The van der Waals surface area contributed by atoms with Gasteiger partial charge >= 0.3 is 0 Å². The molecule has 46 heavy (non-hydrogen) atoms. The van der Waals surface area contributed by atoms with Gasteiger partial charge in [0.2, 0.25) is 0 Å². The molecule has 0 saturated carbocycles. The van der Waals surface area contributed by atoms with Crippen LogP contribution in [0.4, 0.5) is 28.4 Å². The molecule has 0 aliphatic rings. The Bertz CT molecular complexity index is 2240. The molecule has 0 radical (unpaired) electrons. The third-order valence-electron chi connectivity index (χ3n) is 6.41. The molecule has 0 saturated heterocycles. The maximum Gasteiger partial charge on any atom is 0.295 e. The maximum atomic E-state index is 12.0. The van der Waals surface area contributed by atoms with Crippen molar-refractivity contribution in [3.8, 4) is 5.75 Å². The highest BCUT2D eigenvalue weighted by molar-refractivity contribution is 7.87. The molecule has 5 N–H and O–H groups in total. The van der Waals surface area contributed by atoms with Gasteiger partial charge in [-0.15, -0.1) is 10.2 Å². The molecule has 0 atom stereocenters. The fourth-order valence-corrected chi connectivity index (χ4v) is 6.11. The van der Waals surface area contributed by atoms with Gasteiger partial charge < -0.3 is 10.5 Å². The smallest absolute Gasteiger partial charge is 0.295 e. The van der Waals surface area contributed by atoms with Gasteiger partial charge in [-0.2, -0.15) is 35.5 Å². The number of aryl methyl sites for hydroxylation is 2. The number of halogens is 1. The minimum atomic E-state index is -4.93. The van der Waals surface area contributed by atoms with Gasteiger partial charge in [-0.25, -0.2) is 0 Å². The van der Waals surface area contributed by atoms with E-state index in [1.165, 1.54) is 30.3 Å². The summed E-state index contributed by atoms with van der Waals surface area (Å²) in [5.74, 6) is -0.458. The number of hydrogen-bond acceptors (Lipinski definition) is 12. The zero-order valence-electron chi connectivity index (χ0n) is 24.0. The fraction of sp³-hybridized carbons (Fsp3) is 0.185. The van der Waals surface area contributed by atoms with E-state index in [9.17, 15) is 34.4 Å². The number of nitrogens with two attached hydrogens (primary N) is 1. The van der Waals surface area contributed by atoms with Crippen LogP contribution in [-0.2, 0) is 30.4 Å². The van der Waals surface area contributed by atoms with Crippen LogP contribution in [0.5, 0.6) is 5.75 Å². The van der Waals surface area contributed by atoms with Gasteiger partial charge in [0.25, 0.3) is 30.4 Å². The molecule has 4 aromatic carbocycles. The van der Waals surface area contributed by atoms with Gasteiger partial charge in [0.15, 0.2) is 0 Å². The molecule has 0 bridgehead atoms. The Morgan fingerprint density at radius 1 is 0.761 bits per heavy atom. The molecule has 0 fully saturated rings. The lowest BCUT2D eigenvalue weighted by Gasteiger charge is -2.10. The first-order chi connectivity index (χ1) is 21.3. The second-order valence-corrected chi connectivity index (χ2v) is 14.7. The Labute approximate surface area is 269 Å². The molecule has 4 rings (SSSR count). The Balaban J connectivity index is 1.73. The summed E-state index contributed by atoms with van der Waals surface area (Å²) in [5, 5.41) is 16.7. The number of fused-ring (bicyclic) bond motifs is 1. The lowest BCUT2D eigenvalue weighted by atomic mass is 10.1. The van der Waals surface area contributed by atoms with E-state index in [0.717, 1.165) is 17.2 Å². The molecule has 0 heterocycles. The van der Waals surface area contributed by atoms with Crippen LogP contribution >= 0.6 is 11.6 Å². The summed E-state index contributed by atoms with van der Waals surface area (Å²) in [6, 6.07) is 11.7. The number of benzene rings is 4. The van der Waals surface area contributed by atoms with E-state index < -0.39 is 45.9 Å². The third kappa shape index (κ3) is 8.81. The Morgan fingerprint density at radius 3 is 2.09 bits per heavy atom. The number of anilines is 1. The second kappa shape index (κ2) is 13.4. The number of rotatable bonds is 11. The fourth-order valence-electron chi connectivity index (χ4n) is 4.09. The number of nitrogens with zero attached hydrogens (tertiary/aromatic N) is 4. The molecule has 0 spiro atoms. The zero-order valence-corrected chi connectivity index (χ0v) is 27.2. The van der Waals surface area contributed by atoms with E-state index >= 15 is 0 Å². The van der Waals surface area contributed by atoms with Gasteiger partial charge in [-0.1, -0.05) is 17.7 Å². The molecule has 0 amide bonds. The standard InChI is InChI=1S/C27H26ClN5O10S3/c1-15-9-23(16(2)8-22(15)29)31-33-25-13-21(28)24(14-26(25)43-6-3-7-44(34,35)36)32-30-18-5-4-17-10-19(45(37,38)39)12-27(20(17)11-18)46(40,41)42/h4-5,8-14H,3,6-7,29H2,1-2H3,(H,34,35,36)(H,37,38,39)(H,40,41,42). The second-order valence-electron chi connectivity index (χ2n) is 9.93. The van der Waals surface area contributed by atoms with E-state index in [-0.39, 0.29) is 51.6 Å². The number of azo groups is 2. The number of hydrogen-bond donors (Lipinski definition) is 4. The maximum absolute atomic E-state index is 12.0. The predicted octanol–water partition coefficient (Wildman–Crippen LogP) is 6.67. The van der Waals surface area contributed by atoms with Crippen molar-refractivity contribution in [2.45, 2.75) is 30.1 Å². The van der Waals surface area contributed by atoms with Crippen molar-refractivity contribution < 1.29 is 43.6 Å². The Hall–Kier alpha value is -4.04. The average molecular weight is 712 g/mol. The summed E-state index contributed by atoms with van der Waals surface area (Å²) >= 11 is 6.46. The van der Waals surface area contributed by atoms with E-state index in [1.807, 2.05) is 6.92 Å². The molecule has 0 unspecified atom stereocenters. The van der Waals surface area contributed by atoms with Crippen molar-refractivity contribution >= 4 is 81.2 Å². The quantitative estimate of drug-likeness (QED) is 0.0553. The topological polar surface area (TPSA) is 248 Å². The minimum absolute atomic E-state index is 0.0467.